The van der Waals surface area contributed by atoms with Gasteiger partial charge in [-0.2, -0.15) is 0 Å². The van der Waals surface area contributed by atoms with E-state index in [-0.39, 0.29) is 6.42 Å². The summed E-state index contributed by atoms with van der Waals surface area (Å²) >= 11 is 6.11. The van der Waals surface area contributed by atoms with E-state index in [9.17, 15) is 4.79 Å². The molecule has 0 amide bonds. The summed E-state index contributed by atoms with van der Waals surface area (Å²) in [7, 11) is 3.01. The van der Waals surface area contributed by atoms with Gasteiger partial charge < -0.3 is 20.3 Å². The number of hydrogen-bond donors (Lipinski definition) is 2. The number of methoxy groups -OCH3 is 2. The van der Waals surface area contributed by atoms with Crippen LogP contribution < -0.4 is 15.2 Å². The summed E-state index contributed by atoms with van der Waals surface area (Å²) in [5.74, 6) is 0.0248. The van der Waals surface area contributed by atoms with Gasteiger partial charge in [0.1, 0.15) is 0 Å². The van der Waals surface area contributed by atoms with Crippen LogP contribution in [-0.4, -0.2) is 25.3 Å². The molecule has 0 heterocycles. The summed E-state index contributed by atoms with van der Waals surface area (Å²) in [4.78, 5) is 10.7. The number of benzene rings is 1. The van der Waals surface area contributed by atoms with Crippen LogP contribution in [0.25, 0.3) is 0 Å². The van der Waals surface area contributed by atoms with E-state index in [4.69, 9.17) is 31.9 Å². The first kappa shape index (κ1) is 14.6. The van der Waals surface area contributed by atoms with Crippen molar-refractivity contribution >= 4 is 17.6 Å². The monoisotopic (exact) mass is 273 g/mol. The Labute approximate surface area is 110 Å². The molecule has 100 valence electrons. The lowest BCUT2D eigenvalue weighted by atomic mass is 9.98. The van der Waals surface area contributed by atoms with Crippen LogP contribution >= 0.6 is 11.6 Å². The van der Waals surface area contributed by atoms with Crippen molar-refractivity contribution < 1.29 is 19.4 Å². The molecule has 1 rings (SSSR count). The number of carboxylic acids is 1. The summed E-state index contributed by atoms with van der Waals surface area (Å²) in [6, 6.07) is 0.888. The molecule has 0 aliphatic rings. The summed E-state index contributed by atoms with van der Waals surface area (Å²) in [5.41, 5.74) is 7.11. The molecule has 1 unspecified atom stereocenters. The lowest BCUT2D eigenvalue weighted by Gasteiger charge is -2.19. The minimum Gasteiger partial charge on any atom is -0.493 e. The van der Waals surface area contributed by atoms with Gasteiger partial charge in [-0.25, -0.2) is 0 Å². The van der Waals surface area contributed by atoms with E-state index in [0.717, 1.165) is 0 Å². The van der Waals surface area contributed by atoms with Crippen LogP contribution in [0.3, 0.4) is 0 Å². The highest BCUT2D eigenvalue weighted by Gasteiger charge is 2.21. The molecular formula is C12H16ClNO4. The number of ether oxygens (including phenoxy) is 2. The highest BCUT2D eigenvalue weighted by Crippen LogP contribution is 2.40. The molecule has 0 saturated heterocycles. The first-order valence-corrected chi connectivity index (χ1v) is 5.68. The molecule has 1 aromatic rings. The van der Waals surface area contributed by atoms with Crippen LogP contribution in [0.4, 0.5) is 0 Å². The van der Waals surface area contributed by atoms with Crippen LogP contribution in [-0.2, 0) is 4.79 Å². The Kier molecular flexibility index (Phi) is 4.81. The molecule has 6 heteroatoms. The maximum Gasteiger partial charge on any atom is 0.305 e. The molecule has 1 aromatic carbocycles. The van der Waals surface area contributed by atoms with Crippen LogP contribution in [0.2, 0.25) is 5.02 Å². The first-order chi connectivity index (χ1) is 8.42. The van der Waals surface area contributed by atoms with E-state index in [1.165, 1.54) is 14.2 Å². The number of hydrogen-bond acceptors (Lipinski definition) is 4. The van der Waals surface area contributed by atoms with Crippen molar-refractivity contribution in [3.05, 3.63) is 22.2 Å². The van der Waals surface area contributed by atoms with Gasteiger partial charge in [-0.1, -0.05) is 11.6 Å². The van der Waals surface area contributed by atoms with Gasteiger partial charge in [0, 0.05) is 22.7 Å². The Hall–Kier alpha value is -1.46. The molecule has 5 nitrogen and oxygen atoms in total. The van der Waals surface area contributed by atoms with Crippen LogP contribution in [0.5, 0.6) is 11.5 Å². The second-order valence-electron chi connectivity index (χ2n) is 3.84. The SMILES string of the molecule is COc1cc(Cl)c(C(N)CC(=O)O)c(C)c1OC. The Morgan fingerprint density at radius 1 is 1.50 bits per heavy atom. The lowest BCUT2D eigenvalue weighted by molar-refractivity contribution is -0.137. The highest BCUT2D eigenvalue weighted by molar-refractivity contribution is 6.31. The van der Waals surface area contributed by atoms with E-state index >= 15 is 0 Å². The second kappa shape index (κ2) is 5.93. The third-order valence-electron chi connectivity index (χ3n) is 2.67. The summed E-state index contributed by atoms with van der Waals surface area (Å²) in [5, 5.41) is 9.15. The first-order valence-electron chi connectivity index (χ1n) is 5.30. The maximum atomic E-state index is 10.7. The van der Waals surface area contributed by atoms with E-state index in [1.807, 2.05) is 0 Å². The Bertz CT molecular complexity index is 462. The molecule has 0 fully saturated rings. The number of aliphatic carboxylic acids is 1. The molecule has 0 aliphatic heterocycles. The van der Waals surface area contributed by atoms with Crippen molar-refractivity contribution in [3.8, 4) is 11.5 Å². The summed E-state index contributed by atoms with van der Waals surface area (Å²) < 4.78 is 10.4. The van der Waals surface area contributed by atoms with E-state index < -0.39 is 12.0 Å². The smallest absolute Gasteiger partial charge is 0.305 e. The summed E-state index contributed by atoms with van der Waals surface area (Å²) in [6.07, 6.45) is -0.198. The van der Waals surface area contributed by atoms with Crippen molar-refractivity contribution in [2.75, 3.05) is 14.2 Å². The fourth-order valence-corrected chi connectivity index (χ4v) is 2.28. The molecule has 0 saturated carbocycles. The van der Waals surface area contributed by atoms with Crippen LogP contribution in [0.1, 0.15) is 23.6 Å². The Morgan fingerprint density at radius 3 is 2.56 bits per heavy atom. The fourth-order valence-electron chi connectivity index (χ4n) is 1.90. The van der Waals surface area contributed by atoms with Gasteiger partial charge in [0.25, 0.3) is 0 Å². The van der Waals surface area contributed by atoms with Gasteiger partial charge in [-0.3, -0.25) is 4.79 Å². The second-order valence-corrected chi connectivity index (χ2v) is 4.24. The number of halogens is 1. The number of rotatable bonds is 5. The van der Waals surface area contributed by atoms with Crippen molar-refractivity contribution in [1.29, 1.82) is 0 Å². The highest BCUT2D eigenvalue weighted by atomic mass is 35.5. The van der Waals surface area contributed by atoms with Gasteiger partial charge in [0.15, 0.2) is 11.5 Å². The predicted octanol–water partition coefficient (Wildman–Crippen LogP) is 2.14. The van der Waals surface area contributed by atoms with Crippen molar-refractivity contribution in [1.82, 2.24) is 0 Å². The van der Waals surface area contributed by atoms with Gasteiger partial charge in [-0.05, 0) is 12.5 Å². The molecule has 0 aromatic heterocycles. The average molecular weight is 274 g/mol. The number of carbonyl (C=O) groups is 1. The topological polar surface area (TPSA) is 81.8 Å². The molecule has 0 aliphatic carbocycles. The minimum absolute atomic E-state index is 0.198. The zero-order valence-corrected chi connectivity index (χ0v) is 11.2. The zero-order valence-electron chi connectivity index (χ0n) is 10.5. The molecule has 18 heavy (non-hydrogen) atoms. The lowest BCUT2D eigenvalue weighted by Crippen LogP contribution is -2.17. The van der Waals surface area contributed by atoms with E-state index in [1.54, 1.807) is 13.0 Å². The average Bonchev–Trinajstić information content (AvgIpc) is 2.27. The Balaban J connectivity index is 3.31. The van der Waals surface area contributed by atoms with Crippen molar-refractivity contribution in [2.45, 2.75) is 19.4 Å². The zero-order chi connectivity index (χ0) is 13.9. The standard InChI is InChI=1S/C12H16ClNO4/c1-6-11(8(14)5-10(15)16)7(13)4-9(17-2)12(6)18-3/h4,8H,5,14H2,1-3H3,(H,15,16). The third kappa shape index (κ3) is 2.86. The molecular weight excluding hydrogens is 258 g/mol. The third-order valence-corrected chi connectivity index (χ3v) is 2.99. The maximum absolute atomic E-state index is 10.7. The Morgan fingerprint density at radius 2 is 2.11 bits per heavy atom. The normalized spacial score (nSPS) is 12.1. The molecule has 1 atom stereocenters. The molecule has 3 N–H and O–H groups in total. The van der Waals surface area contributed by atoms with Crippen LogP contribution in [0, 0.1) is 6.92 Å². The van der Waals surface area contributed by atoms with E-state index in [0.29, 0.717) is 27.6 Å². The molecule has 0 bridgehead atoms. The predicted molar refractivity (Wildman–Crippen MR) is 68.5 cm³/mol. The number of nitrogens with two attached hydrogens (primary N) is 1. The van der Waals surface area contributed by atoms with E-state index in [2.05, 4.69) is 0 Å². The van der Waals surface area contributed by atoms with Crippen LogP contribution in [0.15, 0.2) is 6.07 Å². The van der Waals surface area contributed by atoms with Crippen molar-refractivity contribution in [2.24, 2.45) is 5.73 Å². The van der Waals surface area contributed by atoms with Crippen molar-refractivity contribution in [3.63, 3.8) is 0 Å². The van der Waals surface area contributed by atoms with Gasteiger partial charge in [-0.15, -0.1) is 0 Å². The minimum atomic E-state index is -0.979. The van der Waals surface area contributed by atoms with Gasteiger partial charge in [0.2, 0.25) is 0 Å². The fraction of sp³-hybridized carbons (Fsp3) is 0.417. The van der Waals surface area contributed by atoms with Gasteiger partial charge >= 0.3 is 5.97 Å². The quantitative estimate of drug-likeness (QED) is 0.859. The largest absolute Gasteiger partial charge is 0.493 e. The summed E-state index contributed by atoms with van der Waals surface area (Å²) in [6.45, 7) is 1.77. The molecule has 0 spiro atoms. The molecule has 0 radical (unpaired) electrons. The van der Waals surface area contributed by atoms with Gasteiger partial charge in [0.05, 0.1) is 20.6 Å². The number of carboxylic acid groups (broad SMARTS) is 1.